The topological polar surface area (TPSA) is 85.9 Å². The molecule has 9 heteroatoms. The van der Waals surface area contributed by atoms with Gasteiger partial charge >= 0.3 is 6.03 Å². The van der Waals surface area contributed by atoms with E-state index in [4.69, 9.17) is 4.74 Å². The highest BCUT2D eigenvalue weighted by Gasteiger charge is 2.22. The molecule has 1 fully saturated rings. The monoisotopic (exact) mass is 603 g/mol. The van der Waals surface area contributed by atoms with E-state index in [-0.39, 0.29) is 23.4 Å². The number of ether oxygens (including phenoxy) is 1. The molecule has 0 saturated carbocycles. The number of hydrogen-bond acceptors (Lipinski definition) is 5. The van der Waals surface area contributed by atoms with Crippen molar-refractivity contribution < 1.29 is 18.7 Å². The molecular weight excluding hydrogens is 557 g/mol. The fourth-order valence-electron chi connectivity index (χ4n) is 5.41. The Morgan fingerprint density at radius 2 is 1.59 bits per heavy atom. The third kappa shape index (κ3) is 9.19. The number of likely N-dealkylation sites (tertiary alicyclic amines) is 1. The molecule has 44 heavy (non-hydrogen) atoms. The molecule has 0 spiro atoms. The summed E-state index contributed by atoms with van der Waals surface area (Å²) in [6.45, 7) is 9.68. The van der Waals surface area contributed by atoms with Gasteiger partial charge in [0.05, 0.1) is 5.69 Å². The molecule has 0 radical (unpaired) electrons. The van der Waals surface area contributed by atoms with Crippen molar-refractivity contribution in [3.63, 3.8) is 0 Å². The first kappa shape index (κ1) is 32.8. The van der Waals surface area contributed by atoms with Gasteiger partial charge < -0.3 is 30.5 Å². The number of carbonyl (C=O) groups is 2. The number of unbranched alkanes of at least 4 members (excludes halogenated alkanes) is 1. The second kappa shape index (κ2) is 16.1. The average molecular weight is 604 g/mol. The molecule has 0 unspecified atom stereocenters. The summed E-state index contributed by atoms with van der Waals surface area (Å²) in [7, 11) is 2.14. The first-order valence-electron chi connectivity index (χ1n) is 15.8. The average Bonchev–Trinajstić information content (AvgIpc) is 3.04. The maximum atomic E-state index is 14.6. The number of nitrogens with zero attached hydrogens (tertiary/aromatic N) is 2. The predicted octanol–water partition coefficient (Wildman–Crippen LogP) is 7.88. The fraction of sp³-hybridized carbons (Fsp3) is 0.429. The molecule has 0 aliphatic carbocycles. The Labute approximate surface area is 261 Å². The van der Waals surface area contributed by atoms with Crippen LogP contribution < -0.4 is 25.6 Å². The summed E-state index contributed by atoms with van der Waals surface area (Å²) in [5, 5.41) is 8.28. The van der Waals surface area contributed by atoms with E-state index in [2.05, 4.69) is 39.7 Å². The van der Waals surface area contributed by atoms with Crippen molar-refractivity contribution in [2.24, 2.45) is 0 Å². The first-order valence-corrected chi connectivity index (χ1v) is 15.8. The summed E-state index contributed by atoms with van der Waals surface area (Å²) >= 11 is 0. The van der Waals surface area contributed by atoms with Crippen LogP contribution in [-0.2, 0) is 0 Å². The number of urea groups is 1. The molecule has 8 nitrogen and oxygen atoms in total. The van der Waals surface area contributed by atoms with Crippen molar-refractivity contribution >= 4 is 29.0 Å². The quantitative estimate of drug-likeness (QED) is 0.185. The summed E-state index contributed by atoms with van der Waals surface area (Å²) in [6, 6.07) is 19.0. The first-order chi connectivity index (χ1) is 21.3. The zero-order valence-corrected chi connectivity index (χ0v) is 26.4. The zero-order chi connectivity index (χ0) is 31.5. The minimum Gasteiger partial charge on any atom is -0.457 e. The number of rotatable bonds is 13. The number of hydrogen-bond donors (Lipinski definition) is 3. The van der Waals surface area contributed by atoms with Crippen LogP contribution in [0.25, 0.3) is 0 Å². The Bertz CT molecular complexity index is 1350. The lowest BCUT2D eigenvalue weighted by Crippen LogP contribution is -2.43. The second-order valence-electron chi connectivity index (χ2n) is 11.4. The molecule has 1 heterocycles. The van der Waals surface area contributed by atoms with E-state index in [0.29, 0.717) is 23.0 Å². The lowest BCUT2D eigenvalue weighted by atomic mass is 10.0. The Balaban J connectivity index is 1.26. The molecule has 1 aliphatic heterocycles. The fourth-order valence-corrected chi connectivity index (χ4v) is 5.41. The number of piperidine rings is 1. The smallest absolute Gasteiger partial charge is 0.319 e. The van der Waals surface area contributed by atoms with Crippen LogP contribution in [-0.4, -0.2) is 55.6 Å². The van der Waals surface area contributed by atoms with Gasteiger partial charge in [-0.3, -0.25) is 4.79 Å². The van der Waals surface area contributed by atoms with Crippen LogP contribution in [0.3, 0.4) is 0 Å². The van der Waals surface area contributed by atoms with Crippen LogP contribution in [0.4, 0.5) is 26.2 Å². The van der Waals surface area contributed by atoms with E-state index in [1.54, 1.807) is 30.3 Å². The highest BCUT2D eigenvalue weighted by molar-refractivity contribution is 6.04. The molecule has 0 bridgehead atoms. The lowest BCUT2D eigenvalue weighted by Gasteiger charge is -2.38. The number of amides is 3. The summed E-state index contributed by atoms with van der Waals surface area (Å²) in [4.78, 5) is 29.9. The Morgan fingerprint density at radius 3 is 2.20 bits per heavy atom. The molecule has 3 aromatic carbocycles. The van der Waals surface area contributed by atoms with Crippen LogP contribution in [0.1, 0.15) is 69.7 Å². The maximum Gasteiger partial charge on any atom is 0.319 e. The second-order valence-corrected chi connectivity index (χ2v) is 11.4. The largest absolute Gasteiger partial charge is 0.457 e. The van der Waals surface area contributed by atoms with Crippen molar-refractivity contribution in [1.29, 1.82) is 0 Å². The molecule has 0 atom stereocenters. The van der Waals surface area contributed by atoms with Gasteiger partial charge in [-0.05, 0) is 99.3 Å². The molecule has 4 rings (SSSR count). The van der Waals surface area contributed by atoms with Gasteiger partial charge in [0.25, 0.3) is 5.91 Å². The molecule has 0 aromatic heterocycles. The molecule has 236 valence electrons. The Hall–Kier alpha value is -4.11. The molecule has 3 amide bonds. The van der Waals surface area contributed by atoms with Gasteiger partial charge in [-0.2, -0.15) is 0 Å². The van der Waals surface area contributed by atoms with Gasteiger partial charge in [-0.25, -0.2) is 9.18 Å². The SMILES string of the molecule is CCCCN1CCC(N(C)c2ccc(C(=O)Nc3ccc(Oc4ccc(NC(=O)NC(CC)CC)c(F)c4)cc3)cc2)CC1. The van der Waals surface area contributed by atoms with Crippen molar-refractivity contribution in [3.8, 4) is 11.5 Å². The zero-order valence-electron chi connectivity index (χ0n) is 26.4. The van der Waals surface area contributed by atoms with Crippen LogP contribution >= 0.6 is 0 Å². The molecular formula is C35H46FN5O3. The van der Waals surface area contributed by atoms with E-state index < -0.39 is 11.8 Å². The van der Waals surface area contributed by atoms with Crippen molar-refractivity contribution in [1.82, 2.24) is 10.2 Å². The lowest BCUT2D eigenvalue weighted by molar-refractivity contribution is 0.102. The molecule has 1 aliphatic rings. The van der Waals surface area contributed by atoms with Crippen molar-refractivity contribution in [2.75, 3.05) is 42.2 Å². The summed E-state index contributed by atoms with van der Waals surface area (Å²) < 4.78 is 20.4. The van der Waals surface area contributed by atoms with E-state index in [1.807, 2.05) is 38.1 Å². The van der Waals surface area contributed by atoms with Crippen LogP contribution in [0.2, 0.25) is 0 Å². The summed E-state index contributed by atoms with van der Waals surface area (Å²) in [5.41, 5.74) is 2.38. The maximum absolute atomic E-state index is 14.6. The van der Waals surface area contributed by atoms with E-state index >= 15 is 0 Å². The van der Waals surface area contributed by atoms with Gasteiger partial charge in [0.2, 0.25) is 0 Å². The molecule has 3 aromatic rings. The van der Waals surface area contributed by atoms with Gasteiger partial charge in [-0.15, -0.1) is 0 Å². The Morgan fingerprint density at radius 1 is 0.932 bits per heavy atom. The van der Waals surface area contributed by atoms with E-state index in [1.165, 1.54) is 31.5 Å². The summed E-state index contributed by atoms with van der Waals surface area (Å²) in [6.07, 6.45) is 6.39. The van der Waals surface area contributed by atoms with Crippen LogP contribution in [0, 0.1) is 5.82 Å². The van der Waals surface area contributed by atoms with Gasteiger partial charge in [-0.1, -0.05) is 27.2 Å². The minimum absolute atomic E-state index is 0.0364. The third-order valence-electron chi connectivity index (χ3n) is 8.33. The number of halogens is 1. The predicted molar refractivity (Wildman–Crippen MR) is 177 cm³/mol. The van der Waals surface area contributed by atoms with E-state index in [9.17, 15) is 14.0 Å². The van der Waals surface area contributed by atoms with Crippen molar-refractivity contribution in [2.45, 2.75) is 71.4 Å². The highest BCUT2D eigenvalue weighted by Crippen LogP contribution is 2.27. The van der Waals surface area contributed by atoms with Crippen LogP contribution in [0.5, 0.6) is 11.5 Å². The highest BCUT2D eigenvalue weighted by atomic mass is 19.1. The standard InChI is InChI=1S/C35H46FN5O3/c1-5-8-21-41-22-19-29(20-23-41)40(4)28-13-9-25(10-14-28)34(42)37-27-11-15-30(16-12-27)44-31-17-18-33(32(36)24-31)39-35(43)38-26(6-2)7-3/h9-18,24,26,29H,5-8,19-23H2,1-4H3,(H,37,42)(H2,38,39,43). The molecule has 1 saturated heterocycles. The van der Waals surface area contributed by atoms with Gasteiger partial charge in [0, 0.05) is 55.2 Å². The van der Waals surface area contributed by atoms with Crippen molar-refractivity contribution in [3.05, 3.63) is 78.1 Å². The third-order valence-corrected chi connectivity index (χ3v) is 8.33. The van der Waals surface area contributed by atoms with Crippen LogP contribution in [0.15, 0.2) is 66.7 Å². The van der Waals surface area contributed by atoms with Gasteiger partial charge in [0.1, 0.15) is 17.3 Å². The Kier molecular flexibility index (Phi) is 12.0. The number of anilines is 3. The number of carbonyl (C=O) groups excluding carboxylic acids is 2. The normalized spacial score (nSPS) is 13.9. The summed E-state index contributed by atoms with van der Waals surface area (Å²) in [5.74, 6) is -0.0258. The number of nitrogens with one attached hydrogen (secondary N) is 3. The minimum atomic E-state index is -0.601. The number of benzene rings is 3. The van der Waals surface area contributed by atoms with E-state index in [0.717, 1.165) is 44.5 Å². The molecule has 3 N–H and O–H groups in total. The van der Waals surface area contributed by atoms with Gasteiger partial charge in [0.15, 0.2) is 0 Å².